The van der Waals surface area contributed by atoms with Crippen LogP contribution in [0.4, 0.5) is 4.79 Å². The van der Waals surface area contributed by atoms with Gasteiger partial charge in [0.25, 0.3) is 0 Å². The van der Waals surface area contributed by atoms with E-state index >= 15 is 0 Å². The molecular weight excluding hydrogens is 198 g/mol. The molecule has 7 heteroatoms. The minimum Gasteiger partial charge on any atom is -0.441 e. The van der Waals surface area contributed by atoms with Crippen LogP contribution in [0.2, 0.25) is 0 Å². The highest BCUT2D eigenvalue weighted by Gasteiger charge is 2.15. The van der Waals surface area contributed by atoms with Crippen molar-refractivity contribution >= 4 is 6.09 Å². The Bertz CT molecular complexity index is 341. The van der Waals surface area contributed by atoms with Crippen LogP contribution in [0.5, 0.6) is 0 Å². The maximum absolute atomic E-state index is 11.2. The lowest BCUT2D eigenvalue weighted by atomic mass is 10.1. The molecule has 0 saturated carbocycles. The second-order valence-corrected chi connectivity index (χ2v) is 4.15. The molecule has 1 aromatic heterocycles. The third-order valence-electron chi connectivity index (χ3n) is 1.36. The first-order chi connectivity index (χ1) is 6.87. The van der Waals surface area contributed by atoms with Crippen LogP contribution >= 0.6 is 0 Å². The van der Waals surface area contributed by atoms with Gasteiger partial charge in [0.2, 0.25) is 5.82 Å². The second kappa shape index (κ2) is 4.24. The van der Waals surface area contributed by atoms with Crippen molar-refractivity contribution in [3.63, 3.8) is 0 Å². The van der Waals surface area contributed by atoms with E-state index in [0.29, 0.717) is 5.82 Å². The third-order valence-corrected chi connectivity index (χ3v) is 1.36. The van der Waals surface area contributed by atoms with Crippen molar-refractivity contribution < 1.29 is 9.53 Å². The van der Waals surface area contributed by atoms with Gasteiger partial charge in [-0.25, -0.2) is 4.79 Å². The number of nitrogens with one attached hydrogen (secondary N) is 1. The van der Waals surface area contributed by atoms with Gasteiger partial charge in [0.05, 0.1) is 7.05 Å². The summed E-state index contributed by atoms with van der Waals surface area (Å²) in [6, 6.07) is 0. The Kier molecular flexibility index (Phi) is 3.23. The molecule has 1 amide bonds. The average molecular weight is 213 g/mol. The van der Waals surface area contributed by atoms with Gasteiger partial charge in [0.15, 0.2) is 6.61 Å². The summed E-state index contributed by atoms with van der Waals surface area (Å²) in [5, 5.41) is 13.8. The fourth-order valence-corrected chi connectivity index (χ4v) is 0.854. The van der Waals surface area contributed by atoms with Gasteiger partial charge in [-0.15, -0.1) is 10.2 Å². The van der Waals surface area contributed by atoms with Gasteiger partial charge in [-0.05, 0) is 26.0 Å². The Morgan fingerprint density at radius 1 is 1.53 bits per heavy atom. The summed E-state index contributed by atoms with van der Waals surface area (Å²) in [5.41, 5.74) is -0.313. The van der Waals surface area contributed by atoms with Gasteiger partial charge in [-0.3, -0.25) is 0 Å². The van der Waals surface area contributed by atoms with E-state index < -0.39 is 6.09 Å². The number of aromatic nitrogens is 4. The second-order valence-electron chi connectivity index (χ2n) is 4.15. The van der Waals surface area contributed by atoms with Crippen LogP contribution in [0.3, 0.4) is 0 Å². The van der Waals surface area contributed by atoms with Gasteiger partial charge in [-0.2, -0.15) is 4.80 Å². The van der Waals surface area contributed by atoms with Crippen molar-refractivity contribution in [1.29, 1.82) is 0 Å². The molecule has 0 spiro atoms. The molecule has 1 aromatic rings. The Hall–Kier alpha value is -1.66. The topological polar surface area (TPSA) is 81.9 Å². The number of carbonyl (C=O) groups excluding carboxylic acids is 1. The molecule has 0 aliphatic heterocycles. The minimum absolute atomic E-state index is 0.0236. The maximum atomic E-state index is 11.2. The summed E-state index contributed by atoms with van der Waals surface area (Å²) in [6.45, 7) is 5.63. The molecule has 0 aliphatic carbocycles. The summed E-state index contributed by atoms with van der Waals surface area (Å²) >= 11 is 0. The van der Waals surface area contributed by atoms with E-state index in [1.165, 1.54) is 4.80 Å². The van der Waals surface area contributed by atoms with Crippen molar-refractivity contribution in [2.75, 3.05) is 0 Å². The molecule has 0 aliphatic rings. The fraction of sp³-hybridized carbons (Fsp3) is 0.750. The molecule has 0 atom stereocenters. The molecule has 7 nitrogen and oxygen atoms in total. The zero-order valence-electron chi connectivity index (χ0n) is 9.31. The highest BCUT2D eigenvalue weighted by atomic mass is 16.5. The summed E-state index contributed by atoms with van der Waals surface area (Å²) in [5.74, 6) is 0.376. The average Bonchev–Trinajstić information content (AvgIpc) is 2.45. The normalized spacial score (nSPS) is 11.2. The van der Waals surface area contributed by atoms with E-state index in [-0.39, 0.29) is 12.1 Å². The zero-order valence-corrected chi connectivity index (χ0v) is 9.31. The molecule has 1 rings (SSSR count). The van der Waals surface area contributed by atoms with Crippen molar-refractivity contribution in [1.82, 2.24) is 25.5 Å². The molecular formula is C8H15N5O2. The number of tetrazole rings is 1. The first kappa shape index (κ1) is 11.4. The Balaban J connectivity index is 2.35. The summed E-state index contributed by atoms with van der Waals surface area (Å²) in [6.07, 6.45) is -0.491. The largest absolute Gasteiger partial charge is 0.441 e. The van der Waals surface area contributed by atoms with E-state index in [9.17, 15) is 4.79 Å². The predicted octanol–water partition coefficient (Wildman–Crippen LogP) is 0.235. The summed E-state index contributed by atoms with van der Waals surface area (Å²) in [7, 11) is 1.64. The number of alkyl carbamates (subject to hydrolysis) is 1. The number of nitrogens with zero attached hydrogens (tertiary/aromatic N) is 4. The van der Waals surface area contributed by atoms with Crippen LogP contribution in [-0.2, 0) is 18.4 Å². The number of rotatable bonds is 2. The molecule has 1 N–H and O–H groups in total. The SMILES string of the molecule is Cn1nnc(COC(=O)NC(C)(C)C)n1. The summed E-state index contributed by atoms with van der Waals surface area (Å²) in [4.78, 5) is 12.5. The van der Waals surface area contributed by atoms with Crippen molar-refractivity contribution in [2.45, 2.75) is 32.9 Å². The lowest BCUT2D eigenvalue weighted by Gasteiger charge is -2.19. The molecule has 0 bridgehead atoms. The van der Waals surface area contributed by atoms with E-state index in [0.717, 1.165) is 0 Å². The first-order valence-corrected chi connectivity index (χ1v) is 4.54. The quantitative estimate of drug-likeness (QED) is 0.760. The first-order valence-electron chi connectivity index (χ1n) is 4.54. The molecule has 0 radical (unpaired) electrons. The smallest absolute Gasteiger partial charge is 0.407 e. The molecule has 0 aromatic carbocycles. The Morgan fingerprint density at radius 3 is 2.67 bits per heavy atom. The maximum Gasteiger partial charge on any atom is 0.407 e. The molecule has 15 heavy (non-hydrogen) atoms. The highest BCUT2D eigenvalue weighted by molar-refractivity contribution is 5.67. The van der Waals surface area contributed by atoms with Crippen molar-refractivity contribution in [3.8, 4) is 0 Å². The van der Waals surface area contributed by atoms with E-state index in [1.807, 2.05) is 20.8 Å². The highest BCUT2D eigenvalue weighted by Crippen LogP contribution is 2.00. The Labute approximate surface area is 87.8 Å². The number of aryl methyl sites for hydroxylation is 1. The third kappa shape index (κ3) is 4.39. The number of amides is 1. The Morgan fingerprint density at radius 2 is 2.20 bits per heavy atom. The van der Waals surface area contributed by atoms with Crippen LogP contribution in [-0.4, -0.2) is 31.8 Å². The number of hydrogen-bond donors (Lipinski definition) is 1. The number of hydrogen-bond acceptors (Lipinski definition) is 5. The number of carbonyl (C=O) groups is 1. The molecule has 0 unspecified atom stereocenters. The van der Waals surface area contributed by atoms with Gasteiger partial charge in [-0.1, -0.05) is 0 Å². The van der Waals surface area contributed by atoms with E-state index in [1.54, 1.807) is 7.05 Å². The van der Waals surface area contributed by atoms with Crippen LogP contribution in [0.1, 0.15) is 26.6 Å². The van der Waals surface area contributed by atoms with Gasteiger partial charge < -0.3 is 10.1 Å². The molecule has 0 fully saturated rings. The van der Waals surface area contributed by atoms with Crippen LogP contribution < -0.4 is 5.32 Å². The molecule has 84 valence electrons. The monoisotopic (exact) mass is 213 g/mol. The minimum atomic E-state index is -0.491. The van der Waals surface area contributed by atoms with Crippen LogP contribution in [0.25, 0.3) is 0 Å². The number of ether oxygens (including phenoxy) is 1. The van der Waals surface area contributed by atoms with Gasteiger partial charge >= 0.3 is 6.09 Å². The van der Waals surface area contributed by atoms with E-state index in [4.69, 9.17) is 4.74 Å². The lowest BCUT2D eigenvalue weighted by Crippen LogP contribution is -2.40. The lowest BCUT2D eigenvalue weighted by molar-refractivity contribution is 0.128. The van der Waals surface area contributed by atoms with Crippen LogP contribution in [0.15, 0.2) is 0 Å². The van der Waals surface area contributed by atoms with E-state index in [2.05, 4.69) is 20.7 Å². The zero-order chi connectivity index (χ0) is 11.5. The fourth-order valence-electron chi connectivity index (χ4n) is 0.854. The van der Waals surface area contributed by atoms with Crippen molar-refractivity contribution in [2.24, 2.45) is 7.05 Å². The molecule has 0 saturated heterocycles. The van der Waals surface area contributed by atoms with Crippen molar-refractivity contribution in [3.05, 3.63) is 5.82 Å². The predicted molar refractivity (Wildman–Crippen MR) is 51.9 cm³/mol. The summed E-state index contributed by atoms with van der Waals surface area (Å²) < 4.78 is 4.89. The van der Waals surface area contributed by atoms with Gasteiger partial charge in [0, 0.05) is 5.54 Å². The van der Waals surface area contributed by atoms with Gasteiger partial charge in [0.1, 0.15) is 0 Å². The standard InChI is InChI=1S/C8H15N5O2/c1-8(2,3)9-7(14)15-5-6-10-12-13(4)11-6/h5H2,1-4H3,(H,9,14). The molecule has 1 heterocycles. The van der Waals surface area contributed by atoms with Crippen LogP contribution in [0, 0.1) is 0 Å².